The molecule has 2 nitrogen and oxygen atoms in total. The summed E-state index contributed by atoms with van der Waals surface area (Å²) in [5, 5.41) is 3.03. The van der Waals surface area contributed by atoms with E-state index >= 15 is 0 Å². The molecule has 0 saturated heterocycles. The topological polar surface area (TPSA) is 29.1 Å². The third kappa shape index (κ3) is 8.07. The van der Waals surface area contributed by atoms with Crippen LogP contribution in [0.25, 0.3) is 5.57 Å². The molecule has 1 atom stereocenters. The highest BCUT2D eigenvalue weighted by atomic mass is 16.1. The van der Waals surface area contributed by atoms with Crippen LogP contribution >= 0.6 is 0 Å². The van der Waals surface area contributed by atoms with Crippen molar-refractivity contribution in [3.8, 4) is 0 Å². The predicted octanol–water partition coefficient (Wildman–Crippen LogP) is 10.3. The summed E-state index contributed by atoms with van der Waals surface area (Å²) in [6.07, 6.45) is 20.4. The van der Waals surface area contributed by atoms with Crippen molar-refractivity contribution in [3.05, 3.63) is 101 Å². The van der Waals surface area contributed by atoms with Crippen molar-refractivity contribution in [2.24, 2.45) is 5.41 Å². The second kappa shape index (κ2) is 15.1. The molecule has 1 unspecified atom stereocenters. The zero-order valence-electron chi connectivity index (χ0n) is 25.3. The van der Waals surface area contributed by atoms with E-state index in [4.69, 9.17) is 0 Å². The monoisotopic (exact) mass is 527 g/mol. The van der Waals surface area contributed by atoms with Gasteiger partial charge in [-0.25, -0.2) is 0 Å². The first kappa shape index (κ1) is 30.7. The summed E-state index contributed by atoms with van der Waals surface area (Å²) in [5.74, 6) is 1.68. The predicted molar refractivity (Wildman–Crippen MR) is 171 cm³/mol. The molecule has 4 rings (SSSR count). The fourth-order valence-corrected chi connectivity index (χ4v) is 6.59. The summed E-state index contributed by atoms with van der Waals surface area (Å²) in [6.45, 7) is 14.4. The van der Waals surface area contributed by atoms with Crippen molar-refractivity contribution in [1.29, 1.82) is 0 Å². The average Bonchev–Trinajstić information content (AvgIpc) is 3.36. The molecule has 2 aromatic carbocycles. The number of amides is 1. The van der Waals surface area contributed by atoms with E-state index in [9.17, 15) is 4.79 Å². The highest BCUT2D eigenvalue weighted by Gasteiger charge is 2.38. The van der Waals surface area contributed by atoms with Crippen molar-refractivity contribution in [1.82, 2.24) is 5.32 Å². The molecule has 39 heavy (non-hydrogen) atoms. The fraction of sp³-hybridized carbons (Fsp3) is 0.486. The number of nitrogens with one attached hydrogen (secondary N) is 1. The van der Waals surface area contributed by atoms with E-state index in [1.807, 2.05) is 0 Å². The van der Waals surface area contributed by atoms with E-state index in [0.29, 0.717) is 17.8 Å². The molecule has 2 heteroatoms. The maximum absolute atomic E-state index is 11.1. The molecular formula is C37H53NO. The Bertz CT molecular complexity index is 1120. The molecule has 2 aliphatic carbocycles. The second-order valence-corrected chi connectivity index (χ2v) is 12.1. The van der Waals surface area contributed by atoms with Gasteiger partial charge >= 0.3 is 0 Å². The maximum Gasteiger partial charge on any atom is 0.207 e. The minimum absolute atomic E-state index is 0. The number of allylic oxidation sites excluding steroid dienone is 6. The Hall–Kier alpha value is -2.87. The molecule has 2 aromatic rings. The summed E-state index contributed by atoms with van der Waals surface area (Å²) in [7, 11) is 0. The second-order valence-electron chi connectivity index (χ2n) is 12.1. The molecule has 0 aliphatic heterocycles. The van der Waals surface area contributed by atoms with Gasteiger partial charge in [0.2, 0.25) is 6.41 Å². The van der Waals surface area contributed by atoms with Gasteiger partial charge in [-0.15, -0.1) is 0 Å². The first-order valence-corrected chi connectivity index (χ1v) is 15.2. The van der Waals surface area contributed by atoms with Crippen LogP contribution in [0.5, 0.6) is 0 Å². The molecule has 2 aliphatic rings. The third-order valence-corrected chi connectivity index (χ3v) is 8.94. The van der Waals surface area contributed by atoms with Gasteiger partial charge in [-0.2, -0.15) is 0 Å². The van der Waals surface area contributed by atoms with Gasteiger partial charge in [-0.1, -0.05) is 133 Å². The van der Waals surface area contributed by atoms with Crippen LogP contribution in [0.2, 0.25) is 0 Å². The molecule has 0 aromatic heterocycles. The standard InChI is InChI=1S/C24H31NO.C13H20.H2/c1-20(24(18-25-19-26)16-10-4-5-11-17-24)22-14-8-9-15-23(22)21-12-6-2-3-7-13-21;1-9(2)12-7-6-8-13(10(3)4)11(12)5;/h2,6-9,12-15,19-20H,3-5,10-11,16-18H2,1H3,(H,25,26);6-10H,1-5H3;1H. The Labute approximate surface area is 240 Å². The van der Waals surface area contributed by atoms with E-state index < -0.39 is 0 Å². The third-order valence-electron chi connectivity index (χ3n) is 8.94. The first-order valence-electron chi connectivity index (χ1n) is 15.2. The normalized spacial score (nSPS) is 17.5. The van der Waals surface area contributed by atoms with Gasteiger partial charge in [0.1, 0.15) is 0 Å². The molecule has 212 valence electrons. The number of benzene rings is 2. The minimum atomic E-state index is 0. The van der Waals surface area contributed by atoms with Crippen LogP contribution in [0.3, 0.4) is 0 Å². The minimum Gasteiger partial charge on any atom is -0.358 e. The van der Waals surface area contributed by atoms with Crippen LogP contribution in [-0.4, -0.2) is 13.0 Å². The largest absolute Gasteiger partial charge is 0.358 e. The Morgan fingerprint density at radius 2 is 1.46 bits per heavy atom. The summed E-state index contributed by atoms with van der Waals surface area (Å²) in [5.41, 5.74) is 8.64. The maximum atomic E-state index is 11.1. The van der Waals surface area contributed by atoms with Crippen LogP contribution in [0.1, 0.15) is 127 Å². The average molecular weight is 528 g/mol. The van der Waals surface area contributed by atoms with Gasteiger partial charge in [-0.05, 0) is 82.7 Å². The number of hydrogen-bond donors (Lipinski definition) is 1. The zero-order valence-corrected chi connectivity index (χ0v) is 25.3. The summed E-state index contributed by atoms with van der Waals surface area (Å²) in [6, 6.07) is 15.5. The molecule has 0 spiro atoms. The molecular weight excluding hydrogens is 474 g/mol. The van der Waals surface area contributed by atoms with Crippen molar-refractivity contribution in [2.75, 3.05) is 6.54 Å². The summed E-state index contributed by atoms with van der Waals surface area (Å²) < 4.78 is 0. The number of rotatable bonds is 8. The Morgan fingerprint density at radius 1 is 0.846 bits per heavy atom. The summed E-state index contributed by atoms with van der Waals surface area (Å²) >= 11 is 0. The fourth-order valence-electron chi connectivity index (χ4n) is 6.59. The van der Waals surface area contributed by atoms with Crippen LogP contribution in [-0.2, 0) is 4.79 Å². The lowest BCUT2D eigenvalue weighted by molar-refractivity contribution is -0.110. The molecule has 1 saturated carbocycles. The van der Waals surface area contributed by atoms with Gasteiger partial charge in [0.05, 0.1) is 0 Å². The van der Waals surface area contributed by atoms with Gasteiger partial charge in [-0.3, -0.25) is 4.79 Å². The quantitative estimate of drug-likeness (QED) is 0.268. The Balaban J connectivity index is 0.000000339. The van der Waals surface area contributed by atoms with Gasteiger partial charge in [0, 0.05) is 7.97 Å². The first-order chi connectivity index (χ1) is 18.8. The Kier molecular flexibility index (Phi) is 11.8. The van der Waals surface area contributed by atoms with E-state index in [2.05, 4.69) is 120 Å². The van der Waals surface area contributed by atoms with E-state index in [1.165, 1.54) is 71.9 Å². The van der Waals surface area contributed by atoms with Gasteiger partial charge in [0.15, 0.2) is 0 Å². The lowest BCUT2D eigenvalue weighted by Crippen LogP contribution is -2.38. The SMILES string of the molecule is CC(c1ccccc1C1=CC=CCC=C1)C1(CNC=O)CCCCCC1.Cc1c(C(C)C)cccc1C(C)C.[HH]. The lowest BCUT2D eigenvalue weighted by atomic mass is 9.67. The molecule has 0 heterocycles. The van der Waals surface area contributed by atoms with Gasteiger partial charge in [0.25, 0.3) is 0 Å². The molecule has 1 N–H and O–H groups in total. The van der Waals surface area contributed by atoms with Crippen molar-refractivity contribution in [2.45, 2.75) is 104 Å². The van der Waals surface area contributed by atoms with Crippen LogP contribution in [0.15, 0.2) is 72.8 Å². The van der Waals surface area contributed by atoms with Crippen LogP contribution in [0, 0.1) is 12.3 Å². The highest BCUT2D eigenvalue weighted by Crippen LogP contribution is 2.47. The van der Waals surface area contributed by atoms with Crippen molar-refractivity contribution >= 4 is 12.0 Å². The van der Waals surface area contributed by atoms with E-state index in [1.54, 1.807) is 0 Å². The molecule has 1 amide bonds. The van der Waals surface area contributed by atoms with E-state index in [-0.39, 0.29) is 6.84 Å². The highest BCUT2D eigenvalue weighted by molar-refractivity contribution is 5.78. The van der Waals surface area contributed by atoms with Crippen molar-refractivity contribution in [3.63, 3.8) is 0 Å². The number of carbonyl (C=O) groups is 1. The number of hydrogen-bond acceptors (Lipinski definition) is 1. The molecule has 0 radical (unpaired) electrons. The lowest BCUT2D eigenvalue weighted by Gasteiger charge is -2.40. The molecule has 0 bridgehead atoms. The van der Waals surface area contributed by atoms with Gasteiger partial charge < -0.3 is 5.32 Å². The van der Waals surface area contributed by atoms with Crippen LogP contribution < -0.4 is 5.32 Å². The van der Waals surface area contributed by atoms with E-state index in [0.717, 1.165) is 19.4 Å². The summed E-state index contributed by atoms with van der Waals surface area (Å²) in [4.78, 5) is 11.1. The smallest absolute Gasteiger partial charge is 0.207 e. The Morgan fingerprint density at radius 3 is 2.08 bits per heavy atom. The van der Waals surface area contributed by atoms with Crippen LogP contribution in [0.4, 0.5) is 0 Å². The van der Waals surface area contributed by atoms with Crippen molar-refractivity contribution < 1.29 is 6.22 Å². The molecule has 1 fully saturated rings. The zero-order chi connectivity index (χ0) is 28.3. The number of carbonyl (C=O) groups excluding carboxylic acids is 1.